The first kappa shape index (κ1) is 14.9. The molecule has 0 aliphatic carbocycles. The summed E-state index contributed by atoms with van der Waals surface area (Å²) in [5.41, 5.74) is 11.6. The molecule has 0 spiro atoms. The zero-order valence-corrected chi connectivity index (χ0v) is 11.8. The number of nitrogens with zero attached hydrogens (tertiary/aromatic N) is 2. The smallest absolute Gasteiger partial charge is 0.383 e. The summed E-state index contributed by atoms with van der Waals surface area (Å²) in [4.78, 5) is 41.4. The Kier molecular flexibility index (Phi) is 3.24. The van der Waals surface area contributed by atoms with Gasteiger partial charge < -0.3 is 11.5 Å². The summed E-state index contributed by atoms with van der Waals surface area (Å²) in [6.07, 6.45) is -1.83. The van der Waals surface area contributed by atoms with Gasteiger partial charge in [0, 0.05) is 10.9 Å². The van der Waals surface area contributed by atoms with E-state index in [0.717, 1.165) is 5.39 Å². The second-order valence-corrected chi connectivity index (χ2v) is 5.13. The Morgan fingerprint density at radius 2 is 2.04 bits per heavy atom. The standard InChI is InChI=1S/C14H12N4O5/c15-12-8(5-7-3-1-2-4-10(7)17-12)9-6-11(19)18(22,13(9)20)23-14(16)21/h1-5,9,22H,6H2,(H3-,15,16,17,21)/p+1. The van der Waals surface area contributed by atoms with E-state index in [9.17, 15) is 19.6 Å². The maximum atomic E-state index is 12.3. The summed E-state index contributed by atoms with van der Waals surface area (Å²) in [7, 11) is 0. The molecule has 2 unspecified atom stereocenters. The molecule has 3 rings (SSSR count). The second-order valence-electron chi connectivity index (χ2n) is 5.13. The van der Waals surface area contributed by atoms with Gasteiger partial charge in [0.15, 0.2) is 0 Å². The van der Waals surface area contributed by atoms with Crippen LogP contribution in [0.2, 0.25) is 0 Å². The minimum absolute atomic E-state index is 0.0578. The van der Waals surface area contributed by atoms with Crippen molar-refractivity contribution in [1.29, 1.82) is 0 Å². The van der Waals surface area contributed by atoms with Crippen LogP contribution in [0.3, 0.4) is 0 Å². The minimum Gasteiger partial charge on any atom is -0.383 e. The van der Waals surface area contributed by atoms with Crippen LogP contribution >= 0.6 is 0 Å². The van der Waals surface area contributed by atoms with E-state index in [1.165, 1.54) is 0 Å². The van der Waals surface area contributed by atoms with Gasteiger partial charge in [0.2, 0.25) is 0 Å². The van der Waals surface area contributed by atoms with Crippen molar-refractivity contribution < 1.29 is 29.2 Å². The molecule has 1 aliphatic rings. The third-order valence-electron chi connectivity index (χ3n) is 3.70. The third kappa shape index (κ3) is 2.28. The Labute approximate surface area is 129 Å². The number of pyridine rings is 1. The zero-order valence-electron chi connectivity index (χ0n) is 11.8. The van der Waals surface area contributed by atoms with Gasteiger partial charge in [-0.25, -0.2) is 24.2 Å². The van der Waals surface area contributed by atoms with Crippen LogP contribution in [0.15, 0.2) is 30.3 Å². The van der Waals surface area contributed by atoms with Crippen molar-refractivity contribution in [2.75, 3.05) is 5.73 Å². The Bertz CT molecular complexity index is 852. The molecule has 1 aliphatic heterocycles. The number of hydroxylamine groups is 4. The van der Waals surface area contributed by atoms with Crippen LogP contribution in [0.1, 0.15) is 17.9 Å². The van der Waals surface area contributed by atoms with Gasteiger partial charge in [-0.15, -0.1) is 0 Å². The lowest BCUT2D eigenvalue weighted by molar-refractivity contribution is -1.12. The minimum atomic E-state index is -2.12. The molecule has 9 heteroatoms. The summed E-state index contributed by atoms with van der Waals surface area (Å²) in [5, 5.41) is 10.7. The van der Waals surface area contributed by atoms with E-state index >= 15 is 0 Å². The molecule has 5 N–H and O–H groups in total. The topological polar surface area (TPSA) is 146 Å². The van der Waals surface area contributed by atoms with Crippen LogP contribution in [-0.4, -0.2) is 32.9 Å². The number of carbonyl (C=O) groups is 3. The average molecular weight is 317 g/mol. The van der Waals surface area contributed by atoms with Gasteiger partial charge in [0.1, 0.15) is 16.5 Å². The molecular weight excluding hydrogens is 304 g/mol. The van der Waals surface area contributed by atoms with E-state index in [2.05, 4.69) is 9.82 Å². The molecule has 118 valence electrons. The van der Waals surface area contributed by atoms with Crippen molar-refractivity contribution >= 4 is 34.6 Å². The Morgan fingerprint density at radius 3 is 2.74 bits per heavy atom. The van der Waals surface area contributed by atoms with Crippen molar-refractivity contribution in [2.24, 2.45) is 5.73 Å². The molecule has 0 radical (unpaired) electrons. The highest BCUT2D eigenvalue weighted by Crippen LogP contribution is 2.37. The molecule has 1 saturated heterocycles. The predicted molar refractivity (Wildman–Crippen MR) is 76.2 cm³/mol. The fourth-order valence-electron chi connectivity index (χ4n) is 2.62. The number of primary amides is 1. The number of imide groups is 1. The summed E-state index contributed by atoms with van der Waals surface area (Å²) < 4.78 is 0. The van der Waals surface area contributed by atoms with Gasteiger partial charge in [0.25, 0.3) is 0 Å². The average Bonchev–Trinajstić information content (AvgIpc) is 2.70. The van der Waals surface area contributed by atoms with E-state index in [0.29, 0.717) is 5.52 Å². The SMILES string of the molecule is NC(=O)O[N+]1(O)C(=O)CC(c2cc3ccccc3nc2N)C1=O. The number of hydrogen-bond donors (Lipinski definition) is 3. The number of quaternary nitrogens is 1. The number of carbonyl (C=O) groups excluding carboxylic acids is 3. The fourth-order valence-corrected chi connectivity index (χ4v) is 2.62. The van der Waals surface area contributed by atoms with E-state index < -0.39 is 28.6 Å². The Morgan fingerprint density at radius 1 is 1.35 bits per heavy atom. The number of para-hydroxylation sites is 1. The van der Waals surface area contributed by atoms with Crippen LogP contribution in [0.5, 0.6) is 0 Å². The number of nitrogens with two attached hydrogens (primary N) is 2. The molecule has 1 aromatic heterocycles. The van der Waals surface area contributed by atoms with Crippen molar-refractivity contribution in [3.8, 4) is 0 Å². The van der Waals surface area contributed by atoms with Crippen LogP contribution < -0.4 is 11.5 Å². The molecule has 2 atom stereocenters. The molecule has 2 heterocycles. The van der Waals surface area contributed by atoms with Crippen molar-refractivity contribution in [1.82, 2.24) is 4.98 Å². The first-order chi connectivity index (χ1) is 10.8. The molecule has 0 bridgehead atoms. The molecule has 2 aromatic rings. The molecule has 0 saturated carbocycles. The monoisotopic (exact) mass is 317 g/mol. The number of benzene rings is 1. The number of nitrogen functional groups attached to an aromatic ring is 1. The first-order valence-corrected chi connectivity index (χ1v) is 6.66. The number of rotatable bonds is 2. The van der Waals surface area contributed by atoms with E-state index in [1.807, 2.05) is 0 Å². The molecule has 1 fully saturated rings. The molecular formula is C14H13N4O5+. The van der Waals surface area contributed by atoms with E-state index in [-0.39, 0.29) is 17.8 Å². The quantitative estimate of drug-likeness (QED) is 0.417. The fraction of sp³-hybridized carbons (Fsp3) is 0.143. The summed E-state index contributed by atoms with van der Waals surface area (Å²) >= 11 is 0. The van der Waals surface area contributed by atoms with Gasteiger partial charge in [0.05, 0.1) is 11.9 Å². The summed E-state index contributed by atoms with van der Waals surface area (Å²) in [6.45, 7) is 0. The number of amides is 3. The van der Waals surface area contributed by atoms with Crippen molar-refractivity contribution in [2.45, 2.75) is 12.3 Å². The first-order valence-electron chi connectivity index (χ1n) is 6.66. The maximum absolute atomic E-state index is 12.3. The normalized spacial score (nSPS) is 24.1. The lowest BCUT2D eigenvalue weighted by atomic mass is 9.96. The van der Waals surface area contributed by atoms with Gasteiger partial charge in [-0.3, -0.25) is 0 Å². The van der Waals surface area contributed by atoms with Gasteiger partial charge in [-0.1, -0.05) is 18.2 Å². The lowest BCUT2D eigenvalue weighted by Crippen LogP contribution is -2.52. The highest BCUT2D eigenvalue weighted by molar-refractivity contribution is 5.97. The Hall–Kier alpha value is -3.04. The zero-order chi connectivity index (χ0) is 16.8. The summed E-state index contributed by atoms with van der Waals surface area (Å²) in [6, 6.07) is 8.71. The van der Waals surface area contributed by atoms with Crippen LogP contribution in [-0.2, 0) is 14.4 Å². The Balaban J connectivity index is 2.06. The molecule has 9 nitrogen and oxygen atoms in total. The summed E-state index contributed by atoms with van der Waals surface area (Å²) in [5.74, 6) is -3.07. The van der Waals surface area contributed by atoms with E-state index in [1.54, 1.807) is 30.3 Å². The van der Waals surface area contributed by atoms with E-state index in [4.69, 9.17) is 11.5 Å². The van der Waals surface area contributed by atoms with Crippen molar-refractivity contribution in [3.05, 3.63) is 35.9 Å². The van der Waals surface area contributed by atoms with Crippen LogP contribution in [0, 0.1) is 0 Å². The predicted octanol–water partition coefficient (Wildman–Crippen LogP) is 0.574. The third-order valence-corrected chi connectivity index (χ3v) is 3.70. The maximum Gasteiger partial charge on any atom is 0.465 e. The number of fused-ring (bicyclic) bond motifs is 1. The van der Waals surface area contributed by atoms with Crippen LogP contribution in [0.4, 0.5) is 10.6 Å². The highest BCUT2D eigenvalue weighted by atomic mass is 17.0. The number of hydrogen-bond acceptors (Lipinski definition) is 7. The van der Waals surface area contributed by atoms with Crippen LogP contribution in [0.25, 0.3) is 10.9 Å². The van der Waals surface area contributed by atoms with Crippen molar-refractivity contribution in [3.63, 3.8) is 0 Å². The highest BCUT2D eigenvalue weighted by Gasteiger charge is 2.62. The largest absolute Gasteiger partial charge is 0.465 e. The van der Waals surface area contributed by atoms with Gasteiger partial charge in [-0.2, -0.15) is 5.21 Å². The number of aromatic nitrogens is 1. The van der Waals surface area contributed by atoms with Gasteiger partial charge in [-0.05, 0) is 12.1 Å². The van der Waals surface area contributed by atoms with Gasteiger partial charge >= 0.3 is 17.9 Å². The molecule has 3 amide bonds. The lowest BCUT2D eigenvalue weighted by Gasteiger charge is -2.15. The molecule has 23 heavy (non-hydrogen) atoms. The molecule has 1 aromatic carbocycles. The number of anilines is 1. The second kappa shape index (κ2) is 5.00.